The standard InChI is InChI=1S/C13H22N2O/c1-15(11-7-4-5-10(11)9-14)12-6-2-3-8-13(12)16/h10-13,16H,2-8H2,1H3. The van der Waals surface area contributed by atoms with Gasteiger partial charge in [-0.1, -0.05) is 19.3 Å². The highest BCUT2D eigenvalue weighted by molar-refractivity contribution is 4.99. The van der Waals surface area contributed by atoms with Gasteiger partial charge >= 0.3 is 0 Å². The lowest BCUT2D eigenvalue weighted by molar-refractivity contribution is 0.00892. The first kappa shape index (κ1) is 11.9. The maximum absolute atomic E-state index is 10.0. The van der Waals surface area contributed by atoms with Crippen molar-refractivity contribution in [2.45, 2.75) is 63.1 Å². The van der Waals surface area contributed by atoms with Crippen LogP contribution in [-0.2, 0) is 0 Å². The molecule has 2 aliphatic carbocycles. The topological polar surface area (TPSA) is 47.3 Å². The van der Waals surface area contributed by atoms with Gasteiger partial charge in [-0.15, -0.1) is 0 Å². The number of aliphatic hydroxyl groups is 1. The molecule has 2 aliphatic rings. The summed E-state index contributed by atoms with van der Waals surface area (Å²) in [4.78, 5) is 2.30. The Balaban J connectivity index is 2.00. The number of likely N-dealkylation sites (N-methyl/N-ethyl adjacent to an activating group) is 1. The van der Waals surface area contributed by atoms with Crippen molar-refractivity contribution in [3.63, 3.8) is 0 Å². The Morgan fingerprint density at radius 1 is 1.06 bits per heavy atom. The molecule has 0 radical (unpaired) electrons. The van der Waals surface area contributed by atoms with Crippen molar-refractivity contribution >= 4 is 0 Å². The first-order valence-corrected chi connectivity index (χ1v) is 6.53. The van der Waals surface area contributed by atoms with E-state index in [4.69, 9.17) is 5.26 Å². The van der Waals surface area contributed by atoms with Gasteiger partial charge in [0.25, 0.3) is 0 Å². The van der Waals surface area contributed by atoms with Gasteiger partial charge in [-0.3, -0.25) is 4.90 Å². The van der Waals surface area contributed by atoms with E-state index >= 15 is 0 Å². The van der Waals surface area contributed by atoms with Crippen LogP contribution in [0.4, 0.5) is 0 Å². The fourth-order valence-electron chi connectivity index (χ4n) is 3.39. The molecule has 3 nitrogen and oxygen atoms in total. The van der Waals surface area contributed by atoms with Crippen LogP contribution in [0.25, 0.3) is 0 Å². The number of aliphatic hydroxyl groups excluding tert-OH is 1. The van der Waals surface area contributed by atoms with E-state index in [-0.39, 0.29) is 18.1 Å². The Bertz CT molecular complexity index is 274. The minimum Gasteiger partial charge on any atom is -0.391 e. The van der Waals surface area contributed by atoms with Gasteiger partial charge in [-0.05, 0) is 32.7 Å². The third-order valence-electron chi connectivity index (χ3n) is 4.39. The lowest BCUT2D eigenvalue weighted by Crippen LogP contribution is -2.49. The first-order chi connectivity index (χ1) is 7.74. The summed E-state index contributed by atoms with van der Waals surface area (Å²) in [5.74, 6) is 0.180. The summed E-state index contributed by atoms with van der Waals surface area (Å²) in [5.41, 5.74) is 0. The van der Waals surface area contributed by atoms with E-state index in [0.29, 0.717) is 6.04 Å². The van der Waals surface area contributed by atoms with Crippen LogP contribution >= 0.6 is 0 Å². The second kappa shape index (κ2) is 5.16. The van der Waals surface area contributed by atoms with E-state index in [9.17, 15) is 5.11 Å². The molecule has 0 aliphatic heterocycles. The zero-order valence-electron chi connectivity index (χ0n) is 10.1. The minimum atomic E-state index is -0.182. The average molecular weight is 222 g/mol. The molecule has 0 amide bonds. The molecule has 90 valence electrons. The monoisotopic (exact) mass is 222 g/mol. The first-order valence-electron chi connectivity index (χ1n) is 6.53. The van der Waals surface area contributed by atoms with Crippen LogP contribution in [0.1, 0.15) is 44.9 Å². The molecule has 0 aromatic heterocycles. The van der Waals surface area contributed by atoms with Gasteiger partial charge in [-0.2, -0.15) is 5.26 Å². The zero-order valence-corrected chi connectivity index (χ0v) is 10.1. The number of nitrogens with zero attached hydrogens (tertiary/aromatic N) is 2. The highest BCUT2D eigenvalue weighted by atomic mass is 16.3. The average Bonchev–Trinajstić information content (AvgIpc) is 2.77. The molecule has 4 atom stereocenters. The quantitative estimate of drug-likeness (QED) is 0.776. The molecular formula is C13H22N2O. The summed E-state index contributed by atoms with van der Waals surface area (Å²) in [7, 11) is 2.10. The second-order valence-electron chi connectivity index (χ2n) is 5.32. The Labute approximate surface area is 98.1 Å². The maximum atomic E-state index is 10.0. The Morgan fingerprint density at radius 3 is 2.44 bits per heavy atom. The van der Waals surface area contributed by atoms with E-state index in [1.807, 2.05) is 0 Å². The Morgan fingerprint density at radius 2 is 1.75 bits per heavy atom. The summed E-state index contributed by atoms with van der Waals surface area (Å²) in [6, 6.07) is 3.09. The highest BCUT2D eigenvalue weighted by Crippen LogP contribution is 2.33. The van der Waals surface area contributed by atoms with Crippen molar-refractivity contribution in [2.75, 3.05) is 7.05 Å². The predicted molar refractivity (Wildman–Crippen MR) is 62.8 cm³/mol. The van der Waals surface area contributed by atoms with E-state index in [2.05, 4.69) is 18.0 Å². The van der Waals surface area contributed by atoms with Crippen molar-refractivity contribution in [2.24, 2.45) is 5.92 Å². The highest BCUT2D eigenvalue weighted by Gasteiger charge is 2.36. The van der Waals surface area contributed by atoms with Crippen molar-refractivity contribution in [1.82, 2.24) is 4.90 Å². The number of hydrogen-bond donors (Lipinski definition) is 1. The lowest BCUT2D eigenvalue weighted by Gasteiger charge is -2.39. The van der Waals surface area contributed by atoms with Gasteiger partial charge in [0, 0.05) is 12.1 Å². The molecule has 2 rings (SSSR count). The molecule has 2 fully saturated rings. The molecule has 3 heteroatoms. The number of rotatable bonds is 2. The normalized spacial score (nSPS) is 39.9. The van der Waals surface area contributed by atoms with Gasteiger partial charge < -0.3 is 5.11 Å². The van der Waals surface area contributed by atoms with E-state index in [0.717, 1.165) is 38.5 Å². The van der Waals surface area contributed by atoms with Gasteiger partial charge in [0.05, 0.1) is 18.1 Å². The van der Waals surface area contributed by atoms with Gasteiger partial charge in [0.2, 0.25) is 0 Å². The summed E-state index contributed by atoms with van der Waals surface area (Å²) in [6.45, 7) is 0. The predicted octanol–water partition coefficient (Wildman–Crippen LogP) is 1.91. The minimum absolute atomic E-state index is 0.180. The SMILES string of the molecule is CN(C1CCCCC1O)C1CCCC1C#N. The molecule has 0 aromatic rings. The summed E-state index contributed by atoms with van der Waals surface area (Å²) >= 11 is 0. The van der Waals surface area contributed by atoms with Crippen LogP contribution in [0.3, 0.4) is 0 Å². The van der Waals surface area contributed by atoms with Crippen molar-refractivity contribution in [1.29, 1.82) is 5.26 Å². The molecule has 0 heterocycles. The second-order valence-corrected chi connectivity index (χ2v) is 5.32. The molecule has 2 saturated carbocycles. The van der Waals surface area contributed by atoms with Gasteiger partial charge in [0.15, 0.2) is 0 Å². The fourth-order valence-corrected chi connectivity index (χ4v) is 3.39. The number of nitriles is 1. The van der Waals surface area contributed by atoms with Crippen LogP contribution in [0.2, 0.25) is 0 Å². The summed E-state index contributed by atoms with van der Waals surface area (Å²) in [5, 5.41) is 19.1. The maximum Gasteiger partial charge on any atom is 0.0695 e. The Kier molecular flexibility index (Phi) is 3.83. The van der Waals surface area contributed by atoms with Crippen LogP contribution < -0.4 is 0 Å². The molecular weight excluding hydrogens is 200 g/mol. The van der Waals surface area contributed by atoms with Crippen LogP contribution in [0, 0.1) is 17.2 Å². The molecule has 1 N–H and O–H groups in total. The van der Waals surface area contributed by atoms with Crippen LogP contribution in [0.5, 0.6) is 0 Å². The molecule has 0 spiro atoms. The van der Waals surface area contributed by atoms with Crippen molar-refractivity contribution in [3.05, 3.63) is 0 Å². The molecule has 0 aromatic carbocycles. The van der Waals surface area contributed by atoms with E-state index in [1.54, 1.807) is 0 Å². The summed E-state index contributed by atoms with van der Waals surface area (Å²) in [6.07, 6.45) is 7.53. The van der Waals surface area contributed by atoms with E-state index < -0.39 is 0 Å². The third kappa shape index (κ3) is 2.23. The van der Waals surface area contributed by atoms with Crippen molar-refractivity contribution in [3.8, 4) is 6.07 Å². The largest absolute Gasteiger partial charge is 0.391 e. The van der Waals surface area contributed by atoms with Crippen LogP contribution in [-0.4, -0.2) is 35.2 Å². The number of hydrogen-bond acceptors (Lipinski definition) is 3. The molecule has 0 bridgehead atoms. The van der Waals surface area contributed by atoms with Gasteiger partial charge in [0.1, 0.15) is 0 Å². The molecule has 4 unspecified atom stereocenters. The summed E-state index contributed by atoms with van der Waals surface area (Å²) < 4.78 is 0. The lowest BCUT2D eigenvalue weighted by atomic mass is 9.89. The Hall–Kier alpha value is -0.590. The third-order valence-corrected chi connectivity index (χ3v) is 4.39. The van der Waals surface area contributed by atoms with E-state index in [1.165, 1.54) is 6.42 Å². The van der Waals surface area contributed by atoms with Crippen LogP contribution in [0.15, 0.2) is 0 Å². The van der Waals surface area contributed by atoms with Gasteiger partial charge in [-0.25, -0.2) is 0 Å². The zero-order chi connectivity index (χ0) is 11.5. The van der Waals surface area contributed by atoms with Crippen molar-refractivity contribution < 1.29 is 5.11 Å². The molecule has 0 saturated heterocycles. The smallest absolute Gasteiger partial charge is 0.0695 e. The molecule has 16 heavy (non-hydrogen) atoms. The fraction of sp³-hybridized carbons (Fsp3) is 0.923.